The van der Waals surface area contributed by atoms with Gasteiger partial charge in [-0.25, -0.2) is 4.79 Å². The quantitative estimate of drug-likeness (QED) is 0.842. The van der Waals surface area contributed by atoms with E-state index < -0.39 is 5.97 Å². The second-order valence-electron chi connectivity index (χ2n) is 3.92. The Morgan fingerprint density at radius 3 is 2.68 bits per heavy atom. The van der Waals surface area contributed by atoms with E-state index in [1.807, 2.05) is 31.2 Å². The van der Waals surface area contributed by atoms with Gasteiger partial charge in [0.25, 0.3) is 0 Å². The monoisotopic (exact) mass is 278 g/mol. The van der Waals surface area contributed by atoms with Gasteiger partial charge in [-0.15, -0.1) is 11.8 Å². The Balaban J connectivity index is 2.15. The smallest absolute Gasteiger partial charge is 0.371 e. The summed E-state index contributed by atoms with van der Waals surface area (Å²) in [7, 11) is 1.62. The van der Waals surface area contributed by atoms with E-state index in [2.05, 4.69) is 0 Å². The highest BCUT2D eigenvalue weighted by Crippen LogP contribution is 2.39. The molecule has 1 atom stereocenters. The summed E-state index contributed by atoms with van der Waals surface area (Å²) in [4.78, 5) is 11.8. The summed E-state index contributed by atoms with van der Waals surface area (Å²) in [6.45, 7) is 1.96. The van der Waals surface area contributed by atoms with Crippen LogP contribution in [0.2, 0.25) is 0 Å². The molecule has 0 aliphatic carbocycles. The zero-order valence-corrected chi connectivity index (χ0v) is 11.4. The molecule has 1 heterocycles. The summed E-state index contributed by atoms with van der Waals surface area (Å²) in [6.07, 6.45) is 0. The Morgan fingerprint density at radius 2 is 2.05 bits per heavy atom. The van der Waals surface area contributed by atoms with Gasteiger partial charge in [-0.3, -0.25) is 0 Å². The third kappa shape index (κ3) is 3.12. The lowest BCUT2D eigenvalue weighted by Gasteiger charge is -2.11. The number of thioether (sulfide) groups is 1. The van der Waals surface area contributed by atoms with Gasteiger partial charge in [-0.1, -0.05) is 12.1 Å². The molecule has 1 unspecified atom stereocenters. The molecule has 5 heteroatoms. The molecule has 0 radical (unpaired) electrons. The molecule has 0 amide bonds. The molecule has 0 fully saturated rings. The van der Waals surface area contributed by atoms with Gasteiger partial charge in [0, 0.05) is 0 Å². The second kappa shape index (κ2) is 5.84. The van der Waals surface area contributed by atoms with Crippen LogP contribution < -0.4 is 4.74 Å². The number of aromatic carboxylic acids is 1. The van der Waals surface area contributed by atoms with Crippen LogP contribution in [0.15, 0.2) is 45.7 Å². The molecule has 2 aromatic rings. The number of para-hydroxylation sites is 1. The Labute approximate surface area is 115 Å². The van der Waals surface area contributed by atoms with Crippen LogP contribution in [0.4, 0.5) is 0 Å². The third-order valence-electron chi connectivity index (χ3n) is 2.61. The van der Waals surface area contributed by atoms with Crippen LogP contribution in [0.5, 0.6) is 5.75 Å². The topological polar surface area (TPSA) is 59.7 Å². The molecule has 2 rings (SSSR count). The van der Waals surface area contributed by atoms with Gasteiger partial charge in [-0.2, -0.15) is 0 Å². The number of furan rings is 1. The molecule has 1 aromatic carbocycles. The van der Waals surface area contributed by atoms with Gasteiger partial charge in [-0.05, 0) is 31.2 Å². The minimum Gasteiger partial charge on any atom is -0.496 e. The Kier molecular flexibility index (Phi) is 4.16. The summed E-state index contributed by atoms with van der Waals surface area (Å²) in [5, 5.41) is 8.84. The van der Waals surface area contributed by atoms with E-state index in [1.54, 1.807) is 24.9 Å². The van der Waals surface area contributed by atoms with Crippen LogP contribution in [0.3, 0.4) is 0 Å². The summed E-state index contributed by atoms with van der Waals surface area (Å²) >= 11 is 1.56. The number of carboxylic acid groups (broad SMARTS) is 1. The van der Waals surface area contributed by atoms with Crippen molar-refractivity contribution in [2.75, 3.05) is 7.11 Å². The fraction of sp³-hybridized carbons (Fsp3) is 0.214. The van der Waals surface area contributed by atoms with E-state index in [1.165, 1.54) is 6.07 Å². The van der Waals surface area contributed by atoms with Gasteiger partial charge in [0.2, 0.25) is 5.76 Å². The number of methoxy groups -OCH3 is 1. The molecule has 0 aliphatic heterocycles. The predicted molar refractivity (Wildman–Crippen MR) is 72.9 cm³/mol. The predicted octanol–water partition coefficient (Wildman–Crippen LogP) is 3.84. The maximum Gasteiger partial charge on any atom is 0.371 e. The molecular formula is C14H14O4S. The number of rotatable bonds is 5. The first-order valence-corrected chi connectivity index (χ1v) is 6.62. The van der Waals surface area contributed by atoms with Crippen LogP contribution in [0.1, 0.15) is 28.5 Å². The van der Waals surface area contributed by atoms with Crippen molar-refractivity contribution in [1.29, 1.82) is 0 Å². The molecule has 1 aromatic heterocycles. The van der Waals surface area contributed by atoms with Gasteiger partial charge < -0.3 is 14.3 Å². The summed E-state index contributed by atoms with van der Waals surface area (Å²) < 4.78 is 10.6. The SMILES string of the molecule is COc1ccccc1SC(C)c1ccc(C(=O)O)o1. The Hall–Kier alpha value is -1.88. The fourth-order valence-corrected chi connectivity index (χ4v) is 2.70. The normalized spacial score (nSPS) is 12.1. The lowest BCUT2D eigenvalue weighted by Crippen LogP contribution is -1.93. The maximum atomic E-state index is 10.8. The van der Waals surface area contributed by atoms with E-state index >= 15 is 0 Å². The van der Waals surface area contributed by atoms with Gasteiger partial charge in [0.15, 0.2) is 0 Å². The molecule has 100 valence electrons. The standard InChI is InChI=1S/C14H14O4S/c1-9(10-7-8-12(18-10)14(15)16)19-13-6-4-3-5-11(13)17-2/h3-9H,1-2H3,(H,15,16). The van der Waals surface area contributed by atoms with Crippen molar-refractivity contribution in [2.45, 2.75) is 17.1 Å². The average molecular weight is 278 g/mol. The molecule has 0 bridgehead atoms. The first kappa shape index (κ1) is 13.5. The minimum absolute atomic E-state index is 0.00407. The van der Waals surface area contributed by atoms with Crippen LogP contribution in [-0.4, -0.2) is 18.2 Å². The van der Waals surface area contributed by atoms with Crippen molar-refractivity contribution >= 4 is 17.7 Å². The third-order valence-corrected chi connectivity index (χ3v) is 3.79. The minimum atomic E-state index is -1.05. The van der Waals surface area contributed by atoms with E-state index in [4.69, 9.17) is 14.3 Å². The van der Waals surface area contributed by atoms with Gasteiger partial charge in [0.1, 0.15) is 11.5 Å². The van der Waals surface area contributed by atoms with Crippen LogP contribution in [0.25, 0.3) is 0 Å². The Morgan fingerprint density at radius 1 is 1.32 bits per heavy atom. The van der Waals surface area contributed by atoms with Crippen LogP contribution in [-0.2, 0) is 0 Å². The van der Waals surface area contributed by atoms with Gasteiger partial charge >= 0.3 is 5.97 Å². The lowest BCUT2D eigenvalue weighted by molar-refractivity contribution is 0.0660. The highest BCUT2D eigenvalue weighted by Gasteiger charge is 2.16. The van der Waals surface area contributed by atoms with Crippen molar-refractivity contribution in [3.05, 3.63) is 47.9 Å². The van der Waals surface area contributed by atoms with E-state index in [0.717, 1.165) is 10.6 Å². The van der Waals surface area contributed by atoms with Crippen molar-refractivity contribution in [1.82, 2.24) is 0 Å². The van der Waals surface area contributed by atoms with E-state index in [9.17, 15) is 4.79 Å². The van der Waals surface area contributed by atoms with Gasteiger partial charge in [0.05, 0.1) is 17.3 Å². The van der Waals surface area contributed by atoms with E-state index in [-0.39, 0.29) is 11.0 Å². The molecule has 0 saturated carbocycles. The first-order chi connectivity index (χ1) is 9.11. The number of benzene rings is 1. The molecule has 1 N–H and O–H groups in total. The lowest BCUT2D eigenvalue weighted by atomic mass is 10.3. The zero-order valence-electron chi connectivity index (χ0n) is 10.6. The number of hydrogen-bond donors (Lipinski definition) is 1. The maximum absolute atomic E-state index is 10.8. The van der Waals surface area contributed by atoms with Crippen molar-refractivity contribution < 1.29 is 19.1 Å². The van der Waals surface area contributed by atoms with Crippen molar-refractivity contribution in [2.24, 2.45) is 0 Å². The fourth-order valence-electron chi connectivity index (χ4n) is 1.65. The highest BCUT2D eigenvalue weighted by atomic mass is 32.2. The molecule has 0 spiro atoms. The van der Waals surface area contributed by atoms with Crippen molar-refractivity contribution in [3.63, 3.8) is 0 Å². The average Bonchev–Trinajstić information content (AvgIpc) is 2.89. The van der Waals surface area contributed by atoms with Crippen LogP contribution >= 0.6 is 11.8 Å². The molecule has 0 saturated heterocycles. The number of carbonyl (C=O) groups is 1. The molecule has 0 aliphatic rings. The highest BCUT2D eigenvalue weighted by molar-refractivity contribution is 7.99. The first-order valence-electron chi connectivity index (χ1n) is 5.74. The number of ether oxygens (including phenoxy) is 1. The second-order valence-corrected chi connectivity index (χ2v) is 5.30. The largest absolute Gasteiger partial charge is 0.496 e. The molecule has 4 nitrogen and oxygen atoms in total. The van der Waals surface area contributed by atoms with Crippen molar-refractivity contribution in [3.8, 4) is 5.75 Å². The summed E-state index contributed by atoms with van der Waals surface area (Å²) in [5.74, 6) is 0.334. The summed E-state index contributed by atoms with van der Waals surface area (Å²) in [5.41, 5.74) is 0. The summed E-state index contributed by atoms with van der Waals surface area (Å²) in [6, 6.07) is 10.8. The Bertz CT molecular complexity index is 576. The zero-order chi connectivity index (χ0) is 13.8. The van der Waals surface area contributed by atoms with Crippen LogP contribution in [0, 0.1) is 0 Å². The molecular weight excluding hydrogens is 264 g/mol. The number of hydrogen-bond acceptors (Lipinski definition) is 4. The van der Waals surface area contributed by atoms with E-state index in [0.29, 0.717) is 5.76 Å². The number of carboxylic acids is 1. The molecule has 19 heavy (non-hydrogen) atoms.